The second-order valence-electron chi connectivity index (χ2n) is 5.92. The number of amides is 1. The van der Waals surface area contributed by atoms with E-state index in [0.717, 1.165) is 27.5 Å². The molecular formula is C19H15FN4OS. The maximum Gasteiger partial charge on any atom is 0.234 e. The van der Waals surface area contributed by atoms with Crippen LogP contribution in [-0.2, 0) is 4.79 Å². The quantitative estimate of drug-likeness (QED) is 0.417. The van der Waals surface area contributed by atoms with Crippen LogP contribution in [0.25, 0.3) is 21.9 Å². The topological polar surface area (TPSA) is 70.7 Å². The van der Waals surface area contributed by atoms with Gasteiger partial charge in [0.2, 0.25) is 5.91 Å². The first-order chi connectivity index (χ1) is 12.6. The van der Waals surface area contributed by atoms with Gasteiger partial charge in [-0.25, -0.2) is 14.4 Å². The fourth-order valence-corrected chi connectivity index (χ4v) is 3.54. The number of aryl methyl sites for hydroxylation is 1. The van der Waals surface area contributed by atoms with Crippen LogP contribution in [0.1, 0.15) is 5.56 Å². The molecule has 0 fully saturated rings. The Hall–Kier alpha value is -2.93. The van der Waals surface area contributed by atoms with Crippen molar-refractivity contribution in [2.24, 2.45) is 0 Å². The first-order valence-corrected chi connectivity index (χ1v) is 9.00. The number of nitrogens with zero attached hydrogens (tertiary/aromatic N) is 2. The highest BCUT2D eigenvalue weighted by molar-refractivity contribution is 8.00. The number of nitrogens with one attached hydrogen (secondary N) is 2. The molecule has 0 bridgehead atoms. The molecule has 2 aromatic carbocycles. The number of aromatic nitrogens is 3. The van der Waals surface area contributed by atoms with E-state index in [1.807, 2.05) is 19.1 Å². The number of halogens is 1. The van der Waals surface area contributed by atoms with E-state index in [1.165, 1.54) is 30.2 Å². The smallest absolute Gasteiger partial charge is 0.234 e. The van der Waals surface area contributed by atoms with Crippen LogP contribution in [0.2, 0.25) is 0 Å². The minimum Gasteiger partial charge on any atom is -0.351 e. The average Bonchev–Trinajstić information content (AvgIpc) is 2.98. The van der Waals surface area contributed by atoms with Gasteiger partial charge in [-0.15, -0.1) is 0 Å². The highest BCUT2D eigenvalue weighted by Gasteiger charge is 2.13. The van der Waals surface area contributed by atoms with E-state index in [-0.39, 0.29) is 17.5 Å². The molecule has 5 nitrogen and oxygen atoms in total. The summed E-state index contributed by atoms with van der Waals surface area (Å²) < 4.78 is 13.2. The van der Waals surface area contributed by atoms with Crippen molar-refractivity contribution >= 4 is 45.3 Å². The lowest BCUT2D eigenvalue weighted by Gasteiger charge is -2.05. The number of rotatable bonds is 4. The molecule has 2 aromatic heterocycles. The maximum absolute atomic E-state index is 13.2. The van der Waals surface area contributed by atoms with Crippen molar-refractivity contribution < 1.29 is 9.18 Å². The van der Waals surface area contributed by atoms with Gasteiger partial charge in [0, 0.05) is 16.6 Å². The number of carbonyl (C=O) groups is 1. The molecule has 2 N–H and O–H groups in total. The van der Waals surface area contributed by atoms with Gasteiger partial charge in [-0.3, -0.25) is 4.79 Å². The van der Waals surface area contributed by atoms with E-state index < -0.39 is 0 Å². The Bertz CT molecular complexity index is 1130. The van der Waals surface area contributed by atoms with Gasteiger partial charge in [-0.05, 0) is 37.3 Å². The molecule has 4 rings (SSSR count). The SMILES string of the molecule is Cc1ccc2[nH]c3c(SCC(=O)Nc4cccc(F)c4)ncnc3c2c1. The minimum absolute atomic E-state index is 0.164. The van der Waals surface area contributed by atoms with Crippen molar-refractivity contribution in [2.45, 2.75) is 11.9 Å². The van der Waals surface area contributed by atoms with Gasteiger partial charge in [0.05, 0.1) is 11.3 Å². The Morgan fingerprint density at radius 2 is 2.12 bits per heavy atom. The van der Waals surface area contributed by atoms with Crippen molar-refractivity contribution in [3.05, 3.63) is 60.2 Å². The lowest BCUT2D eigenvalue weighted by Crippen LogP contribution is -2.14. The predicted molar refractivity (Wildman–Crippen MR) is 102 cm³/mol. The first kappa shape index (κ1) is 16.5. The molecule has 1 amide bonds. The molecule has 0 aliphatic carbocycles. The molecule has 7 heteroatoms. The Morgan fingerprint density at radius 1 is 1.23 bits per heavy atom. The van der Waals surface area contributed by atoms with Crippen LogP contribution >= 0.6 is 11.8 Å². The second kappa shape index (κ2) is 6.76. The number of hydrogen-bond acceptors (Lipinski definition) is 4. The number of H-pyrrole nitrogens is 1. The fourth-order valence-electron chi connectivity index (χ4n) is 2.79. The van der Waals surface area contributed by atoms with Crippen LogP contribution in [0.3, 0.4) is 0 Å². The first-order valence-electron chi connectivity index (χ1n) is 8.01. The molecule has 4 aromatic rings. The Labute approximate surface area is 153 Å². The van der Waals surface area contributed by atoms with Crippen molar-refractivity contribution in [1.29, 1.82) is 0 Å². The summed E-state index contributed by atoms with van der Waals surface area (Å²) in [4.78, 5) is 24.1. The normalized spacial score (nSPS) is 11.2. The second-order valence-corrected chi connectivity index (χ2v) is 6.89. The molecule has 0 aliphatic rings. The monoisotopic (exact) mass is 366 g/mol. The van der Waals surface area contributed by atoms with Crippen molar-refractivity contribution in [1.82, 2.24) is 15.0 Å². The largest absolute Gasteiger partial charge is 0.351 e. The lowest BCUT2D eigenvalue weighted by molar-refractivity contribution is -0.113. The number of fused-ring (bicyclic) bond motifs is 3. The number of hydrogen-bond donors (Lipinski definition) is 2. The molecule has 0 aliphatic heterocycles. The van der Waals surface area contributed by atoms with Crippen LogP contribution in [0.5, 0.6) is 0 Å². The van der Waals surface area contributed by atoms with Crippen molar-refractivity contribution in [3.63, 3.8) is 0 Å². The van der Waals surface area contributed by atoms with Gasteiger partial charge in [-0.1, -0.05) is 29.5 Å². The van der Waals surface area contributed by atoms with Gasteiger partial charge in [0.15, 0.2) is 0 Å². The van der Waals surface area contributed by atoms with Crippen LogP contribution in [0.15, 0.2) is 53.8 Å². The predicted octanol–water partition coefficient (Wildman–Crippen LogP) is 4.29. The summed E-state index contributed by atoms with van der Waals surface area (Å²) in [5, 5.41) is 4.42. The van der Waals surface area contributed by atoms with Crippen molar-refractivity contribution in [3.8, 4) is 0 Å². The van der Waals surface area contributed by atoms with E-state index in [4.69, 9.17) is 0 Å². The summed E-state index contributed by atoms with van der Waals surface area (Å²) in [6.45, 7) is 2.03. The molecule has 130 valence electrons. The number of anilines is 1. The third-order valence-electron chi connectivity index (χ3n) is 3.95. The molecule has 2 heterocycles. The van der Waals surface area contributed by atoms with E-state index in [0.29, 0.717) is 10.7 Å². The van der Waals surface area contributed by atoms with Gasteiger partial charge >= 0.3 is 0 Å². The van der Waals surface area contributed by atoms with E-state index in [9.17, 15) is 9.18 Å². The zero-order chi connectivity index (χ0) is 18.1. The summed E-state index contributed by atoms with van der Waals surface area (Å²) in [6, 6.07) is 11.9. The summed E-state index contributed by atoms with van der Waals surface area (Å²) in [5.74, 6) is -0.447. The highest BCUT2D eigenvalue weighted by Crippen LogP contribution is 2.30. The van der Waals surface area contributed by atoms with Crippen LogP contribution in [0, 0.1) is 12.7 Å². The summed E-state index contributed by atoms with van der Waals surface area (Å²) in [6.07, 6.45) is 1.50. The summed E-state index contributed by atoms with van der Waals surface area (Å²) >= 11 is 1.31. The fraction of sp³-hybridized carbons (Fsp3) is 0.105. The van der Waals surface area contributed by atoms with Gasteiger partial charge in [0.1, 0.15) is 22.7 Å². The number of benzene rings is 2. The molecule has 0 saturated heterocycles. The summed E-state index contributed by atoms with van der Waals surface area (Å²) in [7, 11) is 0. The Balaban J connectivity index is 1.55. The Kier molecular flexibility index (Phi) is 4.30. The van der Waals surface area contributed by atoms with E-state index in [1.54, 1.807) is 12.1 Å². The summed E-state index contributed by atoms with van der Waals surface area (Å²) in [5.41, 5.74) is 4.23. The maximum atomic E-state index is 13.2. The zero-order valence-corrected chi connectivity index (χ0v) is 14.7. The number of carbonyl (C=O) groups excluding carboxylic acids is 1. The highest BCUT2D eigenvalue weighted by atomic mass is 32.2. The van der Waals surface area contributed by atoms with E-state index >= 15 is 0 Å². The van der Waals surface area contributed by atoms with Gasteiger partial charge < -0.3 is 10.3 Å². The lowest BCUT2D eigenvalue weighted by atomic mass is 10.2. The van der Waals surface area contributed by atoms with Gasteiger partial charge in [-0.2, -0.15) is 0 Å². The molecule has 0 radical (unpaired) electrons. The van der Waals surface area contributed by atoms with Crippen LogP contribution in [0.4, 0.5) is 10.1 Å². The Morgan fingerprint density at radius 3 is 2.96 bits per heavy atom. The standard InChI is InChI=1S/C19H15FN4OS/c1-11-5-6-15-14(7-11)17-18(24-15)19(22-10-21-17)26-9-16(25)23-13-4-2-3-12(20)8-13/h2-8,10,24H,9H2,1H3,(H,23,25). The molecule has 0 saturated carbocycles. The zero-order valence-electron chi connectivity index (χ0n) is 13.9. The van der Waals surface area contributed by atoms with Crippen LogP contribution < -0.4 is 5.32 Å². The molecule has 0 atom stereocenters. The third-order valence-corrected chi connectivity index (χ3v) is 4.94. The van der Waals surface area contributed by atoms with Crippen molar-refractivity contribution in [2.75, 3.05) is 11.1 Å². The minimum atomic E-state index is -0.388. The molecular weight excluding hydrogens is 351 g/mol. The average molecular weight is 366 g/mol. The molecule has 0 unspecified atom stereocenters. The molecule has 0 spiro atoms. The van der Waals surface area contributed by atoms with E-state index in [2.05, 4.69) is 26.3 Å². The third kappa shape index (κ3) is 3.25. The molecule has 26 heavy (non-hydrogen) atoms. The number of aromatic amines is 1. The number of thioether (sulfide) groups is 1. The van der Waals surface area contributed by atoms with Gasteiger partial charge in [0.25, 0.3) is 0 Å². The van der Waals surface area contributed by atoms with Crippen LogP contribution in [-0.4, -0.2) is 26.6 Å².